The summed E-state index contributed by atoms with van der Waals surface area (Å²) in [5, 5.41) is 19.0. The van der Waals surface area contributed by atoms with Crippen molar-refractivity contribution in [1.82, 2.24) is 31.2 Å². The van der Waals surface area contributed by atoms with Gasteiger partial charge in [-0.2, -0.15) is 0 Å². The number of nitrogens with one attached hydrogen (secondary N) is 4. The SMILES string of the molecule is CCCC(NCCC(=O)NCC(C)(C)CN(C)C)C(C)C12C=C(/C=C/C(=O)NO)C=CN1C=CN2. The molecule has 0 aliphatic carbocycles. The van der Waals surface area contributed by atoms with Crippen molar-refractivity contribution < 1.29 is 14.8 Å². The second-order valence-electron chi connectivity index (χ2n) is 10.5. The smallest absolute Gasteiger partial charge is 0.267 e. The van der Waals surface area contributed by atoms with E-state index in [0.717, 1.165) is 25.0 Å². The third kappa shape index (κ3) is 8.23. The molecule has 196 valence electrons. The Morgan fingerprint density at radius 1 is 1.31 bits per heavy atom. The standard InChI is InChI=1S/C26H44N6O3/c1-7-8-22(27-13-11-23(33)28-18-25(3,4)19-31(5)6)20(2)26-17-21(9-10-24(34)30-35)12-15-32(26)16-14-29-26/h9-10,12,14-17,20,22,27,29,35H,7-8,11,13,18-19H2,1-6H3,(H,28,33)(H,30,34)/b10-9+. The Hall–Kier alpha value is -2.62. The van der Waals surface area contributed by atoms with Crippen molar-refractivity contribution in [3.8, 4) is 0 Å². The number of nitrogens with zero attached hydrogens (tertiary/aromatic N) is 2. The quantitative estimate of drug-likeness (QED) is 0.145. The highest BCUT2D eigenvalue weighted by atomic mass is 16.5. The van der Waals surface area contributed by atoms with Crippen molar-refractivity contribution in [2.75, 3.05) is 33.7 Å². The first-order valence-electron chi connectivity index (χ1n) is 12.4. The number of amides is 2. The van der Waals surface area contributed by atoms with Gasteiger partial charge in [0.2, 0.25) is 5.91 Å². The lowest BCUT2D eigenvalue weighted by Crippen LogP contribution is -2.59. The van der Waals surface area contributed by atoms with E-state index in [1.807, 2.05) is 38.8 Å². The molecule has 35 heavy (non-hydrogen) atoms. The van der Waals surface area contributed by atoms with Crippen LogP contribution in [0.15, 0.2) is 48.5 Å². The number of allylic oxidation sites excluding steroid dienone is 3. The van der Waals surface area contributed by atoms with E-state index >= 15 is 0 Å². The predicted molar refractivity (Wildman–Crippen MR) is 139 cm³/mol. The zero-order valence-corrected chi connectivity index (χ0v) is 22.1. The van der Waals surface area contributed by atoms with E-state index in [9.17, 15) is 9.59 Å². The molecule has 0 aromatic heterocycles. The summed E-state index contributed by atoms with van der Waals surface area (Å²) in [6.45, 7) is 10.8. The number of carbonyl (C=O) groups is 2. The molecule has 3 unspecified atom stereocenters. The molecule has 0 radical (unpaired) electrons. The maximum atomic E-state index is 12.5. The van der Waals surface area contributed by atoms with Crippen molar-refractivity contribution >= 4 is 11.8 Å². The van der Waals surface area contributed by atoms with Crippen LogP contribution in [0.4, 0.5) is 0 Å². The molecule has 0 bridgehead atoms. The Bertz CT molecular complexity index is 848. The molecule has 2 heterocycles. The summed E-state index contributed by atoms with van der Waals surface area (Å²) in [4.78, 5) is 28.2. The van der Waals surface area contributed by atoms with Gasteiger partial charge < -0.3 is 25.8 Å². The normalized spacial score (nSPS) is 21.0. The van der Waals surface area contributed by atoms with Crippen molar-refractivity contribution in [3.63, 3.8) is 0 Å². The lowest BCUT2D eigenvalue weighted by molar-refractivity contribution is -0.124. The lowest BCUT2D eigenvalue weighted by Gasteiger charge is -2.45. The average molecular weight is 489 g/mol. The van der Waals surface area contributed by atoms with Crippen LogP contribution in [0.2, 0.25) is 0 Å². The monoisotopic (exact) mass is 488 g/mol. The van der Waals surface area contributed by atoms with E-state index in [0.29, 0.717) is 19.5 Å². The summed E-state index contributed by atoms with van der Waals surface area (Å²) in [7, 11) is 4.08. The molecule has 9 heteroatoms. The second-order valence-corrected chi connectivity index (χ2v) is 10.5. The summed E-state index contributed by atoms with van der Waals surface area (Å²) in [5.74, 6) is -0.377. The number of rotatable bonds is 14. The van der Waals surface area contributed by atoms with Gasteiger partial charge >= 0.3 is 0 Å². The number of fused-ring (bicyclic) bond motifs is 1. The Morgan fingerprint density at radius 2 is 2.06 bits per heavy atom. The molecule has 5 N–H and O–H groups in total. The molecule has 9 nitrogen and oxygen atoms in total. The van der Waals surface area contributed by atoms with Gasteiger partial charge in [-0.3, -0.25) is 14.8 Å². The van der Waals surface area contributed by atoms with E-state index in [4.69, 9.17) is 5.21 Å². The molecule has 3 atom stereocenters. The van der Waals surface area contributed by atoms with Crippen LogP contribution in [0, 0.1) is 11.3 Å². The van der Waals surface area contributed by atoms with Gasteiger partial charge in [-0.1, -0.05) is 34.1 Å². The molecule has 0 aromatic rings. The van der Waals surface area contributed by atoms with Gasteiger partial charge in [0.1, 0.15) is 5.66 Å². The minimum Gasteiger partial charge on any atom is -0.364 e. The molecular formula is C26H44N6O3. The predicted octanol–water partition coefficient (Wildman–Crippen LogP) is 2.06. The first-order valence-corrected chi connectivity index (χ1v) is 12.4. The number of hydrogen-bond donors (Lipinski definition) is 5. The van der Waals surface area contributed by atoms with Crippen LogP contribution in [-0.2, 0) is 9.59 Å². The molecule has 0 saturated heterocycles. The van der Waals surface area contributed by atoms with Crippen LogP contribution >= 0.6 is 0 Å². The second kappa shape index (κ2) is 12.9. The highest BCUT2D eigenvalue weighted by Crippen LogP contribution is 2.36. The first kappa shape index (κ1) is 28.6. The van der Waals surface area contributed by atoms with Gasteiger partial charge in [0.05, 0.1) is 0 Å². The molecule has 0 fully saturated rings. The molecule has 2 aliphatic rings. The van der Waals surface area contributed by atoms with Crippen LogP contribution in [0.25, 0.3) is 0 Å². The van der Waals surface area contributed by atoms with Gasteiger partial charge in [-0.15, -0.1) is 0 Å². The van der Waals surface area contributed by atoms with Crippen LogP contribution in [0.3, 0.4) is 0 Å². The molecule has 2 aliphatic heterocycles. The fourth-order valence-electron chi connectivity index (χ4n) is 4.87. The lowest BCUT2D eigenvalue weighted by atomic mass is 9.82. The molecule has 0 aromatic carbocycles. The first-order chi connectivity index (χ1) is 16.5. The minimum atomic E-state index is -0.574. The van der Waals surface area contributed by atoms with Crippen LogP contribution in [0.5, 0.6) is 0 Å². The van der Waals surface area contributed by atoms with Crippen molar-refractivity contribution in [2.24, 2.45) is 11.3 Å². The zero-order chi connectivity index (χ0) is 26.1. The van der Waals surface area contributed by atoms with E-state index in [1.54, 1.807) is 11.6 Å². The summed E-state index contributed by atoms with van der Waals surface area (Å²) < 4.78 is 0. The molecule has 0 saturated carbocycles. The number of hydrogen-bond acceptors (Lipinski definition) is 7. The van der Waals surface area contributed by atoms with E-state index in [1.165, 1.54) is 6.08 Å². The fourth-order valence-corrected chi connectivity index (χ4v) is 4.87. The van der Waals surface area contributed by atoms with Gasteiger partial charge in [0.25, 0.3) is 5.91 Å². The average Bonchev–Trinajstić information content (AvgIpc) is 3.24. The Morgan fingerprint density at radius 3 is 2.71 bits per heavy atom. The Balaban J connectivity index is 2.01. The topological polar surface area (TPSA) is 109 Å². The van der Waals surface area contributed by atoms with Gasteiger partial charge in [0, 0.05) is 62.7 Å². The number of carbonyl (C=O) groups excluding carboxylic acids is 2. The summed E-state index contributed by atoms with van der Waals surface area (Å²) in [5.41, 5.74) is 2.00. The van der Waals surface area contributed by atoms with Crippen molar-refractivity contribution in [2.45, 2.75) is 58.7 Å². The summed E-state index contributed by atoms with van der Waals surface area (Å²) in [6.07, 6.45) is 15.3. The van der Waals surface area contributed by atoms with E-state index in [2.05, 4.69) is 59.5 Å². The maximum Gasteiger partial charge on any atom is 0.267 e. The maximum absolute atomic E-state index is 12.5. The van der Waals surface area contributed by atoms with Gasteiger partial charge in [-0.25, -0.2) is 5.48 Å². The van der Waals surface area contributed by atoms with Gasteiger partial charge in [0.15, 0.2) is 0 Å². The molecule has 2 rings (SSSR count). The third-order valence-electron chi connectivity index (χ3n) is 6.49. The molecule has 2 amide bonds. The highest BCUT2D eigenvalue weighted by Gasteiger charge is 2.44. The van der Waals surface area contributed by atoms with Crippen LogP contribution in [-0.4, -0.2) is 72.3 Å². The number of hydroxylamine groups is 1. The summed E-state index contributed by atoms with van der Waals surface area (Å²) >= 11 is 0. The minimum absolute atomic E-state index is 0.0143. The zero-order valence-electron chi connectivity index (χ0n) is 22.1. The van der Waals surface area contributed by atoms with E-state index < -0.39 is 11.6 Å². The Kier molecular flexibility index (Phi) is 10.5. The van der Waals surface area contributed by atoms with Crippen LogP contribution in [0.1, 0.15) is 47.0 Å². The van der Waals surface area contributed by atoms with E-state index in [-0.39, 0.29) is 23.3 Å². The Labute approximate surface area is 210 Å². The summed E-state index contributed by atoms with van der Waals surface area (Å²) in [6, 6.07) is 0.168. The highest BCUT2D eigenvalue weighted by molar-refractivity contribution is 5.87. The largest absolute Gasteiger partial charge is 0.364 e. The van der Waals surface area contributed by atoms with Crippen molar-refractivity contribution in [3.05, 3.63) is 48.5 Å². The van der Waals surface area contributed by atoms with Gasteiger partial charge in [-0.05, 0) is 49.7 Å². The van der Waals surface area contributed by atoms with Crippen molar-refractivity contribution in [1.29, 1.82) is 0 Å². The fraction of sp³-hybridized carbons (Fsp3) is 0.615. The third-order valence-corrected chi connectivity index (χ3v) is 6.49. The van der Waals surface area contributed by atoms with Crippen LogP contribution < -0.4 is 21.4 Å². The molecule has 0 spiro atoms. The molecular weight excluding hydrogens is 444 g/mol.